The fraction of sp³-hybridized carbons (Fsp3) is 0.625. The van der Waals surface area contributed by atoms with Gasteiger partial charge in [0, 0.05) is 4.47 Å². The summed E-state index contributed by atoms with van der Waals surface area (Å²) in [6.45, 7) is 8.62. The lowest BCUT2D eigenvalue weighted by molar-refractivity contribution is 0.405. The Morgan fingerprint density at radius 3 is 2.58 bits per heavy atom. The Morgan fingerprint density at radius 2 is 1.95 bits per heavy atom. The van der Waals surface area contributed by atoms with E-state index in [1.54, 1.807) is 7.11 Å². The zero-order chi connectivity index (χ0) is 14.3. The van der Waals surface area contributed by atoms with Crippen LogP contribution in [0.25, 0.3) is 0 Å². The molecule has 0 aliphatic heterocycles. The standard InChI is InChI=1S/C16H26BrNO/c1-5-18-10-8-6-7-9-14-13(3)15(17)11-12(2)16(14)19-4/h11,18H,5-10H2,1-4H3. The lowest BCUT2D eigenvalue weighted by Crippen LogP contribution is -2.13. The molecular weight excluding hydrogens is 302 g/mol. The number of nitrogens with one attached hydrogen (secondary N) is 1. The monoisotopic (exact) mass is 327 g/mol. The van der Waals surface area contributed by atoms with Crippen LogP contribution in [0.5, 0.6) is 5.75 Å². The molecule has 0 aliphatic rings. The number of hydrogen-bond donors (Lipinski definition) is 1. The minimum absolute atomic E-state index is 1.06. The molecule has 0 atom stereocenters. The number of benzene rings is 1. The van der Waals surface area contributed by atoms with Crippen molar-refractivity contribution in [1.82, 2.24) is 5.32 Å². The van der Waals surface area contributed by atoms with Gasteiger partial charge < -0.3 is 10.1 Å². The average molecular weight is 328 g/mol. The molecule has 1 aromatic rings. The molecule has 1 N–H and O–H groups in total. The van der Waals surface area contributed by atoms with Crippen LogP contribution in [0.15, 0.2) is 10.5 Å². The number of unbranched alkanes of at least 4 members (excludes halogenated alkanes) is 2. The SMILES string of the molecule is CCNCCCCCc1c(C)c(Br)cc(C)c1OC. The third kappa shape index (κ3) is 4.81. The predicted octanol–water partition coefficient (Wildman–Crippen LogP) is 4.40. The van der Waals surface area contributed by atoms with Crippen molar-refractivity contribution in [3.63, 3.8) is 0 Å². The molecule has 1 rings (SSSR count). The van der Waals surface area contributed by atoms with Crippen LogP contribution >= 0.6 is 15.9 Å². The highest BCUT2D eigenvalue weighted by Gasteiger charge is 2.12. The number of aryl methyl sites for hydroxylation is 1. The maximum Gasteiger partial charge on any atom is 0.125 e. The number of ether oxygens (including phenoxy) is 1. The van der Waals surface area contributed by atoms with Gasteiger partial charge in [0.15, 0.2) is 0 Å². The van der Waals surface area contributed by atoms with Gasteiger partial charge in [0.1, 0.15) is 5.75 Å². The van der Waals surface area contributed by atoms with Gasteiger partial charge in [-0.05, 0) is 69.0 Å². The number of hydrogen-bond acceptors (Lipinski definition) is 2. The Bertz CT molecular complexity index is 404. The third-order valence-corrected chi connectivity index (χ3v) is 4.34. The van der Waals surface area contributed by atoms with E-state index in [9.17, 15) is 0 Å². The van der Waals surface area contributed by atoms with Crippen LogP contribution in [-0.2, 0) is 6.42 Å². The summed E-state index contributed by atoms with van der Waals surface area (Å²) in [6, 6.07) is 2.14. The molecule has 0 spiro atoms. The zero-order valence-electron chi connectivity index (χ0n) is 12.6. The summed E-state index contributed by atoms with van der Waals surface area (Å²) in [5.74, 6) is 1.06. The molecule has 0 amide bonds. The van der Waals surface area contributed by atoms with Gasteiger partial charge in [-0.2, -0.15) is 0 Å². The summed E-state index contributed by atoms with van der Waals surface area (Å²) in [7, 11) is 1.77. The predicted molar refractivity (Wildman–Crippen MR) is 86.3 cm³/mol. The highest BCUT2D eigenvalue weighted by atomic mass is 79.9. The average Bonchev–Trinajstić information content (AvgIpc) is 2.39. The van der Waals surface area contributed by atoms with Crippen molar-refractivity contribution >= 4 is 15.9 Å². The first-order valence-electron chi connectivity index (χ1n) is 7.15. The van der Waals surface area contributed by atoms with E-state index in [1.807, 2.05) is 0 Å². The Balaban J connectivity index is 2.61. The molecule has 108 valence electrons. The summed E-state index contributed by atoms with van der Waals surface area (Å²) < 4.78 is 6.76. The van der Waals surface area contributed by atoms with E-state index < -0.39 is 0 Å². The Hall–Kier alpha value is -0.540. The summed E-state index contributed by atoms with van der Waals surface area (Å²) in [6.07, 6.45) is 4.84. The topological polar surface area (TPSA) is 21.3 Å². The van der Waals surface area contributed by atoms with Crippen molar-refractivity contribution in [2.45, 2.75) is 46.5 Å². The van der Waals surface area contributed by atoms with Crippen molar-refractivity contribution in [1.29, 1.82) is 0 Å². The van der Waals surface area contributed by atoms with Crippen LogP contribution in [0.4, 0.5) is 0 Å². The highest BCUT2D eigenvalue weighted by Crippen LogP contribution is 2.33. The van der Waals surface area contributed by atoms with Crippen molar-refractivity contribution in [3.8, 4) is 5.75 Å². The van der Waals surface area contributed by atoms with Gasteiger partial charge in [0.2, 0.25) is 0 Å². The molecule has 2 nitrogen and oxygen atoms in total. The van der Waals surface area contributed by atoms with Crippen molar-refractivity contribution in [2.75, 3.05) is 20.2 Å². The second-order valence-electron chi connectivity index (χ2n) is 4.98. The first-order chi connectivity index (χ1) is 9.11. The van der Waals surface area contributed by atoms with Crippen molar-refractivity contribution in [2.24, 2.45) is 0 Å². The molecular formula is C16H26BrNO. The first kappa shape index (κ1) is 16.5. The van der Waals surface area contributed by atoms with E-state index in [1.165, 1.54) is 40.4 Å². The molecule has 0 saturated carbocycles. The summed E-state index contributed by atoms with van der Waals surface area (Å²) >= 11 is 3.64. The van der Waals surface area contributed by atoms with E-state index in [-0.39, 0.29) is 0 Å². The van der Waals surface area contributed by atoms with Gasteiger partial charge in [-0.3, -0.25) is 0 Å². The molecule has 0 fully saturated rings. The van der Waals surface area contributed by atoms with Crippen LogP contribution < -0.4 is 10.1 Å². The Kier molecular flexibility index (Phi) is 7.47. The summed E-state index contributed by atoms with van der Waals surface area (Å²) in [5, 5.41) is 3.37. The number of halogens is 1. The molecule has 19 heavy (non-hydrogen) atoms. The van der Waals surface area contributed by atoms with Gasteiger partial charge >= 0.3 is 0 Å². The van der Waals surface area contributed by atoms with Gasteiger partial charge in [-0.25, -0.2) is 0 Å². The van der Waals surface area contributed by atoms with Crippen molar-refractivity contribution in [3.05, 3.63) is 27.2 Å². The maximum absolute atomic E-state index is 5.57. The maximum atomic E-state index is 5.57. The smallest absolute Gasteiger partial charge is 0.125 e. The Labute approximate surface area is 126 Å². The second kappa shape index (κ2) is 8.60. The van der Waals surface area contributed by atoms with E-state index in [0.29, 0.717) is 0 Å². The molecule has 0 aromatic heterocycles. The van der Waals surface area contributed by atoms with E-state index in [0.717, 1.165) is 25.3 Å². The van der Waals surface area contributed by atoms with Crippen molar-refractivity contribution < 1.29 is 4.74 Å². The fourth-order valence-corrected chi connectivity index (χ4v) is 2.99. The van der Waals surface area contributed by atoms with Crippen LogP contribution in [0.1, 0.15) is 42.9 Å². The summed E-state index contributed by atoms with van der Waals surface area (Å²) in [5.41, 5.74) is 3.88. The molecule has 3 heteroatoms. The van der Waals surface area contributed by atoms with Gasteiger partial charge in [0.05, 0.1) is 7.11 Å². The quantitative estimate of drug-likeness (QED) is 0.714. The first-order valence-corrected chi connectivity index (χ1v) is 7.94. The Morgan fingerprint density at radius 1 is 1.21 bits per heavy atom. The van der Waals surface area contributed by atoms with E-state index in [4.69, 9.17) is 4.74 Å². The van der Waals surface area contributed by atoms with Crippen LogP contribution in [-0.4, -0.2) is 20.2 Å². The van der Waals surface area contributed by atoms with Crippen LogP contribution in [0.3, 0.4) is 0 Å². The van der Waals surface area contributed by atoms with E-state index >= 15 is 0 Å². The molecule has 0 heterocycles. The van der Waals surface area contributed by atoms with Gasteiger partial charge in [0.25, 0.3) is 0 Å². The molecule has 0 aliphatic carbocycles. The van der Waals surface area contributed by atoms with Gasteiger partial charge in [-0.1, -0.05) is 29.3 Å². The van der Waals surface area contributed by atoms with E-state index in [2.05, 4.69) is 48.1 Å². The van der Waals surface area contributed by atoms with Crippen LogP contribution in [0.2, 0.25) is 0 Å². The normalized spacial score (nSPS) is 10.8. The highest BCUT2D eigenvalue weighted by molar-refractivity contribution is 9.10. The molecule has 0 saturated heterocycles. The lowest BCUT2D eigenvalue weighted by atomic mass is 9.98. The third-order valence-electron chi connectivity index (χ3n) is 3.52. The number of methoxy groups -OCH3 is 1. The minimum atomic E-state index is 1.06. The fourth-order valence-electron chi connectivity index (χ4n) is 2.41. The summed E-state index contributed by atoms with van der Waals surface area (Å²) in [4.78, 5) is 0. The van der Waals surface area contributed by atoms with Crippen LogP contribution in [0, 0.1) is 13.8 Å². The molecule has 0 bridgehead atoms. The molecule has 0 unspecified atom stereocenters. The molecule has 0 radical (unpaired) electrons. The molecule has 1 aromatic carbocycles. The zero-order valence-corrected chi connectivity index (χ0v) is 14.2. The number of rotatable bonds is 8. The lowest BCUT2D eigenvalue weighted by Gasteiger charge is -2.16. The van der Waals surface area contributed by atoms with Gasteiger partial charge in [-0.15, -0.1) is 0 Å². The largest absolute Gasteiger partial charge is 0.496 e. The minimum Gasteiger partial charge on any atom is -0.496 e. The second-order valence-corrected chi connectivity index (χ2v) is 5.83.